The molecule has 88 valence electrons. The number of H-pyrrole nitrogens is 1. The van der Waals surface area contributed by atoms with E-state index in [2.05, 4.69) is 10.3 Å². The highest BCUT2D eigenvalue weighted by Crippen LogP contribution is 2.23. The van der Waals surface area contributed by atoms with Crippen LogP contribution in [0.3, 0.4) is 0 Å². The highest BCUT2D eigenvalue weighted by atomic mass is 35.5. The second-order valence-electron chi connectivity index (χ2n) is 4.48. The minimum atomic E-state index is 0.00784. The molecular weight excluding hydrogens is 236 g/mol. The Labute approximate surface area is 104 Å². The van der Waals surface area contributed by atoms with E-state index in [4.69, 9.17) is 11.6 Å². The zero-order chi connectivity index (χ0) is 11.8. The average molecular weight is 249 g/mol. The van der Waals surface area contributed by atoms with Gasteiger partial charge in [0.05, 0.1) is 0 Å². The smallest absolute Gasteiger partial charge is 0.251 e. The first-order valence-electron chi connectivity index (χ1n) is 5.77. The Bertz CT molecular complexity index is 614. The van der Waals surface area contributed by atoms with Crippen LogP contribution in [0.5, 0.6) is 0 Å². The van der Waals surface area contributed by atoms with Crippen molar-refractivity contribution in [1.29, 1.82) is 0 Å². The monoisotopic (exact) mass is 248 g/mol. The molecule has 2 aromatic rings. The summed E-state index contributed by atoms with van der Waals surface area (Å²) in [6, 6.07) is 7.56. The lowest BCUT2D eigenvalue weighted by molar-refractivity contribution is 0.753. The maximum Gasteiger partial charge on any atom is 0.251 e. The van der Waals surface area contributed by atoms with Crippen LogP contribution in [0.2, 0.25) is 5.02 Å². The first-order valence-corrected chi connectivity index (χ1v) is 6.15. The first kappa shape index (κ1) is 10.8. The Balaban J connectivity index is 2.16. The van der Waals surface area contributed by atoms with Gasteiger partial charge in [0, 0.05) is 28.6 Å². The van der Waals surface area contributed by atoms with Gasteiger partial charge in [-0.1, -0.05) is 17.7 Å². The topological polar surface area (TPSA) is 44.9 Å². The molecule has 1 aliphatic rings. The molecule has 4 heteroatoms. The molecule has 0 aliphatic carbocycles. The Hall–Kier alpha value is -1.32. The largest absolute Gasteiger partial charge is 0.322 e. The fourth-order valence-electron chi connectivity index (χ4n) is 2.41. The van der Waals surface area contributed by atoms with Crippen LogP contribution >= 0.6 is 11.6 Å². The molecule has 0 saturated carbocycles. The minimum Gasteiger partial charge on any atom is -0.322 e. The van der Waals surface area contributed by atoms with E-state index in [0.29, 0.717) is 10.9 Å². The van der Waals surface area contributed by atoms with Crippen molar-refractivity contribution in [2.45, 2.75) is 12.3 Å². The fourth-order valence-corrected chi connectivity index (χ4v) is 2.59. The summed E-state index contributed by atoms with van der Waals surface area (Å²) in [5, 5.41) is 4.96. The molecule has 0 bridgehead atoms. The van der Waals surface area contributed by atoms with Gasteiger partial charge in [0.25, 0.3) is 5.56 Å². The molecule has 2 N–H and O–H groups in total. The quantitative estimate of drug-likeness (QED) is 0.813. The van der Waals surface area contributed by atoms with Crippen LogP contribution in [0.25, 0.3) is 10.9 Å². The summed E-state index contributed by atoms with van der Waals surface area (Å²) in [4.78, 5) is 14.9. The van der Waals surface area contributed by atoms with E-state index in [1.54, 1.807) is 6.07 Å². The van der Waals surface area contributed by atoms with E-state index < -0.39 is 0 Å². The zero-order valence-electron chi connectivity index (χ0n) is 9.29. The Kier molecular flexibility index (Phi) is 2.65. The lowest BCUT2D eigenvalue weighted by Crippen LogP contribution is -2.18. The van der Waals surface area contributed by atoms with E-state index >= 15 is 0 Å². The van der Waals surface area contributed by atoms with Crippen LogP contribution in [-0.4, -0.2) is 18.1 Å². The van der Waals surface area contributed by atoms with Crippen LogP contribution in [-0.2, 0) is 0 Å². The summed E-state index contributed by atoms with van der Waals surface area (Å²) >= 11 is 5.91. The summed E-state index contributed by atoms with van der Waals surface area (Å²) in [6.07, 6.45) is 1.03. The average Bonchev–Trinajstić information content (AvgIpc) is 2.81. The Morgan fingerprint density at radius 3 is 2.94 bits per heavy atom. The number of hydrogen-bond acceptors (Lipinski definition) is 2. The number of fused-ring (bicyclic) bond motifs is 1. The molecule has 0 spiro atoms. The van der Waals surface area contributed by atoms with Gasteiger partial charge in [-0.3, -0.25) is 4.79 Å². The van der Waals surface area contributed by atoms with Crippen LogP contribution in [0.1, 0.15) is 17.9 Å². The number of rotatable bonds is 1. The third kappa shape index (κ3) is 1.96. The van der Waals surface area contributed by atoms with Crippen LogP contribution < -0.4 is 10.9 Å². The Morgan fingerprint density at radius 1 is 1.29 bits per heavy atom. The standard InChI is InChI=1S/C13H13ClN2O/c14-10-2-1-8-5-11(9-3-4-15-7-9)13(17)16-12(8)6-10/h1-2,5-6,9,15H,3-4,7H2,(H,16,17). The van der Waals surface area contributed by atoms with E-state index in [0.717, 1.165) is 36.0 Å². The van der Waals surface area contributed by atoms with Gasteiger partial charge in [-0.2, -0.15) is 0 Å². The van der Waals surface area contributed by atoms with E-state index in [-0.39, 0.29) is 5.56 Å². The van der Waals surface area contributed by atoms with Crippen LogP contribution in [0.15, 0.2) is 29.1 Å². The van der Waals surface area contributed by atoms with Crippen molar-refractivity contribution >= 4 is 22.5 Å². The van der Waals surface area contributed by atoms with Crippen LogP contribution in [0.4, 0.5) is 0 Å². The number of aromatic nitrogens is 1. The fraction of sp³-hybridized carbons (Fsp3) is 0.308. The van der Waals surface area contributed by atoms with Crippen molar-refractivity contribution in [3.8, 4) is 0 Å². The minimum absolute atomic E-state index is 0.00784. The highest BCUT2D eigenvalue weighted by Gasteiger charge is 2.19. The van der Waals surface area contributed by atoms with Gasteiger partial charge in [0.2, 0.25) is 0 Å². The number of aromatic amines is 1. The van der Waals surface area contributed by atoms with E-state index in [1.165, 1.54) is 0 Å². The molecule has 0 amide bonds. The molecule has 3 rings (SSSR count). The number of nitrogens with one attached hydrogen (secondary N) is 2. The molecule has 1 aromatic heterocycles. The van der Waals surface area contributed by atoms with Crippen molar-refractivity contribution in [1.82, 2.24) is 10.3 Å². The molecule has 0 radical (unpaired) electrons. The van der Waals surface area contributed by atoms with Gasteiger partial charge in [0.1, 0.15) is 0 Å². The highest BCUT2D eigenvalue weighted by molar-refractivity contribution is 6.31. The molecule has 3 nitrogen and oxygen atoms in total. The molecular formula is C13H13ClN2O. The molecule has 1 aliphatic heterocycles. The van der Waals surface area contributed by atoms with Crippen molar-refractivity contribution < 1.29 is 0 Å². The van der Waals surface area contributed by atoms with Gasteiger partial charge in [-0.15, -0.1) is 0 Å². The predicted molar refractivity (Wildman–Crippen MR) is 69.8 cm³/mol. The van der Waals surface area contributed by atoms with Crippen molar-refractivity contribution in [2.75, 3.05) is 13.1 Å². The molecule has 1 fully saturated rings. The number of pyridine rings is 1. The van der Waals surface area contributed by atoms with Gasteiger partial charge in [-0.25, -0.2) is 0 Å². The third-order valence-corrected chi connectivity index (χ3v) is 3.57. The summed E-state index contributed by atoms with van der Waals surface area (Å²) in [5.74, 6) is 0.332. The maximum atomic E-state index is 12.0. The molecule has 2 heterocycles. The number of hydrogen-bond donors (Lipinski definition) is 2. The number of benzene rings is 1. The second kappa shape index (κ2) is 4.17. The van der Waals surface area contributed by atoms with E-state index in [1.807, 2.05) is 18.2 Å². The predicted octanol–water partition coefficient (Wildman–Crippen LogP) is 2.26. The third-order valence-electron chi connectivity index (χ3n) is 3.34. The molecule has 1 aromatic carbocycles. The molecule has 1 unspecified atom stereocenters. The van der Waals surface area contributed by atoms with Gasteiger partial charge < -0.3 is 10.3 Å². The molecule has 17 heavy (non-hydrogen) atoms. The first-order chi connectivity index (χ1) is 8.24. The lowest BCUT2D eigenvalue weighted by atomic mass is 9.98. The normalized spacial score (nSPS) is 19.9. The van der Waals surface area contributed by atoms with Crippen molar-refractivity contribution in [3.05, 3.63) is 45.2 Å². The summed E-state index contributed by atoms with van der Waals surface area (Å²) in [5.41, 5.74) is 1.69. The van der Waals surface area contributed by atoms with Crippen molar-refractivity contribution in [2.24, 2.45) is 0 Å². The number of halogens is 1. The van der Waals surface area contributed by atoms with E-state index in [9.17, 15) is 4.79 Å². The SMILES string of the molecule is O=c1[nH]c2cc(Cl)ccc2cc1C1CCNC1. The van der Waals surface area contributed by atoms with Gasteiger partial charge in [0.15, 0.2) is 0 Å². The summed E-state index contributed by atoms with van der Waals surface area (Å²) < 4.78 is 0. The summed E-state index contributed by atoms with van der Waals surface area (Å²) in [6.45, 7) is 1.88. The van der Waals surface area contributed by atoms with Crippen molar-refractivity contribution in [3.63, 3.8) is 0 Å². The maximum absolute atomic E-state index is 12.0. The zero-order valence-corrected chi connectivity index (χ0v) is 10.1. The van der Waals surface area contributed by atoms with Gasteiger partial charge in [-0.05, 0) is 36.6 Å². The molecule has 1 saturated heterocycles. The molecule has 1 atom stereocenters. The van der Waals surface area contributed by atoms with Crippen LogP contribution in [0, 0.1) is 0 Å². The van der Waals surface area contributed by atoms with Gasteiger partial charge >= 0.3 is 0 Å². The summed E-state index contributed by atoms with van der Waals surface area (Å²) in [7, 11) is 0. The lowest BCUT2D eigenvalue weighted by Gasteiger charge is -2.09. The Morgan fingerprint density at radius 2 is 2.18 bits per heavy atom. The second-order valence-corrected chi connectivity index (χ2v) is 4.91.